The molecule has 0 radical (unpaired) electrons. The summed E-state index contributed by atoms with van der Waals surface area (Å²) in [6.45, 7) is 17.9. The van der Waals surface area contributed by atoms with Crippen molar-refractivity contribution in [3.05, 3.63) is 83.9 Å². The summed E-state index contributed by atoms with van der Waals surface area (Å²) in [6, 6.07) is 12.6. The fourth-order valence-electron chi connectivity index (χ4n) is 4.74. The zero-order valence-electron chi connectivity index (χ0n) is 28.4. The minimum absolute atomic E-state index is 0.0610. The molecule has 4 atom stereocenters. The van der Waals surface area contributed by atoms with Gasteiger partial charge in [-0.3, -0.25) is 9.59 Å². The Morgan fingerprint density at radius 3 is 2.07 bits per heavy atom. The lowest BCUT2D eigenvalue weighted by Gasteiger charge is -2.36. The number of carbonyl (C=O) groups is 4. The van der Waals surface area contributed by atoms with Gasteiger partial charge in [-0.15, -0.1) is 13.0 Å². The summed E-state index contributed by atoms with van der Waals surface area (Å²) in [5.74, 6) is 0.471. The molecule has 2 aromatic rings. The Morgan fingerprint density at radius 1 is 0.935 bits per heavy atom. The Labute approximate surface area is 274 Å². The van der Waals surface area contributed by atoms with Gasteiger partial charge in [0.25, 0.3) is 0 Å². The molecule has 2 rings (SSSR count). The molecular formula is C37H49N3O6. The van der Waals surface area contributed by atoms with Crippen LogP contribution in [-0.2, 0) is 30.3 Å². The summed E-state index contributed by atoms with van der Waals surface area (Å²) in [6.07, 6.45) is 7.29. The summed E-state index contributed by atoms with van der Waals surface area (Å²) in [4.78, 5) is 56.5. The van der Waals surface area contributed by atoms with E-state index >= 15 is 0 Å². The Kier molecular flexibility index (Phi) is 13.6. The molecule has 0 saturated heterocycles. The van der Waals surface area contributed by atoms with E-state index in [1.54, 1.807) is 65.8 Å². The highest BCUT2D eigenvalue weighted by molar-refractivity contribution is 5.94. The predicted octanol–water partition coefficient (Wildman–Crippen LogP) is 5.73. The fourth-order valence-corrected chi connectivity index (χ4v) is 4.74. The molecule has 0 spiro atoms. The van der Waals surface area contributed by atoms with E-state index in [9.17, 15) is 19.2 Å². The lowest BCUT2D eigenvalue weighted by Crippen LogP contribution is -2.56. The van der Waals surface area contributed by atoms with Gasteiger partial charge in [-0.2, -0.15) is 0 Å². The molecule has 0 saturated carbocycles. The van der Waals surface area contributed by atoms with Crippen molar-refractivity contribution in [2.24, 2.45) is 5.92 Å². The van der Waals surface area contributed by atoms with Crippen LogP contribution in [0.1, 0.15) is 84.5 Å². The predicted molar refractivity (Wildman–Crippen MR) is 180 cm³/mol. The first-order chi connectivity index (χ1) is 21.5. The van der Waals surface area contributed by atoms with Gasteiger partial charge >= 0.3 is 12.1 Å². The SMILES string of the molecule is C#Cc1ccccc1C(C(=O)NC(Cc1ccccc1)C(=O)OC(C)(C)C)N(CC=C)C(=O)C(NC(=O)OC(C)(C)C)C(C)CC. The molecule has 2 N–H and O–H groups in total. The first kappa shape index (κ1) is 37.6. The maximum atomic E-state index is 14.4. The molecule has 248 valence electrons. The normalized spacial score (nSPS) is 14.0. The number of nitrogens with one attached hydrogen (secondary N) is 2. The highest BCUT2D eigenvalue weighted by Crippen LogP contribution is 2.28. The van der Waals surface area contributed by atoms with Gasteiger partial charge in [-0.25, -0.2) is 9.59 Å². The van der Waals surface area contributed by atoms with E-state index in [0.29, 0.717) is 17.5 Å². The van der Waals surface area contributed by atoms with Crippen molar-refractivity contribution in [1.82, 2.24) is 15.5 Å². The number of alkyl carbamates (subject to hydrolysis) is 1. The van der Waals surface area contributed by atoms with E-state index < -0.39 is 53.2 Å². The molecule has 46 heavy (non-hydrogen) atoms. The number of hydrogen-bond donors (Lipinski definition) is 2. The number of benzene rings is 2. The third-order valence-corrected chi connectivity index (χ3v) is 7.02. The molecule has 9 heteroatoms. The van der Waals surface area contributed by atoms with Crippen LogP contribution in [0.4, 0.5) is 4.79 Å². The zero-order chi connectivity index (χ0) is 34.7. The highest BCUT2D eigenvalue weighted by Gasteiger charge is 2.40. The van der Waals surface area contributed by atoms with Crippen molar-refractivity contribution in [2.75, 3.05) is 6.54 Å². The average molecular weight is 632 g/mol. The summed E-state index contributed by atoms with van der Waals surface area (Å²) < 4.78 is 11.1. The second-order valence-corrected chi connectivity index (χ2v) is 13.2. The van der Waals surface area contributed by atoms with Crippen LogP contribution in [-0.4, -0.2) is 58.6 Å². The largest absolute Gasteiger partial charge is 0.458 e. The van der Waals surface area contributed by atoms with Gasteiger partial charge in [0.05, 0.1) is 0 Å². The Morgan fingerprint density at radius 2 is 1.52 bits per heavy atom. The average Bonchev–Trinajstić information content (AvgIpc) is 2.97. The molecular weight excluding hydrogens is 582 g/mol. The number of carbonyl (C=O) groups excluding carboxylic acids is 4. The van der Waals surface area contributed by atoms with E-state index in [0.717, 1.165) is 5.56 Å². The maximum absolute atomic E-state index is 14.4. The van der Waals surface area contributed by atoms with E-state index in [1.807, 2.05) is 44.2 Å². The minimum atomic E-state index is -1.29. The first-order valence-electron chi connectivity index (χ1n) is 15.5. The molecule has 0 aliphatic heterocycles. The Balaban J connectivity index is 2.66. The van der Waals surface area contributed by atoms with Gasteiger partial charge in [0.2, 0.25) is 11.8 Å². The lowest BCUT2D eigenvalue weighted by atomic mass is 9.94. The molecule has 9 nitrogen and oxygen atoms in total. The maximum Gasteiger partial charge on any atom is 0.408 e. The number of terminal acetylenes is 1. The smallest absolute Gasteiger partial charge is 0.408 e. The van der Waals surface area contributed by atoms with Gasteiger partial charge in [-0.1, -0.05) is 80.8 Å². The molecule has 2 aromatic carbocycles. The van der Waals surface area contributed by atoms with Crippen LogP contribution in [0.15, 0.2) is 67.3 Å². The number of ether oxygens (including phenoxy) is 2. The van der Waals surface area contributed by atoms with Crippen molar-refractivity contribution in [2.45, 2.75) is 97.6 Å². The third kappa shape index (κ3) is 11.4. The molecule has 0 bridgehead atoms. The number of esters is 1. The molecule has 4 unspecified atom stereocenters. The summed E-state index contributed by atoms with van der Waals surface area (Å²) in [7, 11) is 0. The minimum Gasteiger partial charge on any atom is -0.458 e. The standard InChI is InChI=1S/C37H49N3O6/c1-11-23-40(33(42)30(25(4)12-2)39-35(44)46-37(8,9)10)31(28-22-18-17-21-27(28)13-3)32(41)38-29(34(43)45-36(5,6)7)24-26-19-15-14-16-20-26/h3,11,14-22,25,29-31H,1,12,23-24H2,2,4-10H3,(H,38,41)(H,39,44). The van der Waals surface area contributed by atoms with Crippen molar-refractivity contribution >= 4 is 23.9 Å². The van der Waals surface area contributed by atoms with Crippen LogP contribution in [0.2, 0.25) is 0 Å². The number of amides is 3. The number of nitrogens with zero attached hydrogens (tertiary/aromatic N) is 1. The molecule has 0 aromatic heterocycles. The highest BCUT2D eigenvalue weighted by atomic mass is 16.6. The van der Waals surface area contributed by atoms with Crippen molar-refractivity contribution in [1.29, 1.82) is 0 Å². The summed E-state index contributed by atoms with van der Waals surface area (Å²) in [5.41, 5.74) is -0.0374. The Bertz CT molecular complexity index is 1400. The van der Waals surface area contributed by atoms with Crippen LogP contribution in [0.5, 0.6) is 0 Å². The second kappa shape index (κ2) is 16.6. The van der Waals surface area contributed by atoms with Crippen LogP contribution in [0.3, 0.4) is 0 Å². The van der Waals surface area contributed by atoms with Crippen LogP contribution >= 0.6 is 0 Å². The zero-order valence-corrected chi connectivity index (χ0v) is 28.4. The summed E-state index contributed by atoms with van der Waals surface area (Å²) in [5, 5.41) is 5.58. The van der Waals surface area contributed by atoms with E-state index in [-0.39, 0.29) is 18.9 Å². The van der Waals surface area contributed by atoms with Crippen molar-refractivity contribution < 1.29 is 28.7 Å². The number of rotatable bonds is 13. The van der Waals surface area contributed by atoms with Gasteiger partial charge < -0.3 is 25.0 Å². The monoisotopic (exact) mass is 631 g/mol. The van der Waals surface area contributed by atoms with Crippen LogP contribution < -0.4 is 10.6 Å². The van der Waals surface area contributed by atoms with Crippen molar-refractivity contribution in [3.8, 4) is 12.3 Å². The van der Waals surface area contributed by atoms with Gasteiger partial charge in [0.15, 0.2) is 0 Å². The van der Waals surface area contributed by atoms with E-state index in [4.69, 9.17) is 15.9 Å². The van der Waals surface area contributed by atoms with Gasteiger partial charge in [0.1, 0.15) is 29.3 Å². The Hall–Kier alpha value is -4.58. The fraction of sp³-hybridized carbons (Fsp3) is 0.459. The van der Waals surface area contributed by atoms with Gasteiger partial charge in [-0.05, 0) is 64.7 Å². The van der Waals surface area contributed by atoms with E-state index in [1.165, 1.54) is 11.0 Å². The lowest BCUT2D eigenvalue weighted by molar-refractivity contribution is -0.159. The first-order valence-corrected chi connectivity index (χ1v) is 15.5. The quantitative estimate of drug-likeness (QED) is 0.166. The number of hydrogen-bond acceptors (Lipinski definition) is 6. The van der Waals surface area contributed by atoms with Gasteiger partial charge in [0, 0.05) is 18.5 Å². The topological polar surface area (TPSA) is 114 Å². The van der Waals surface area contributed by atoms with E-state index in [2.05, 4.69) is 23.1 Å². The van der Waals surface area contributed by atoms with Crippen LogP contribution in [0.25, 0.3) is 0 Å². The molecule has 3 amide bonds. The molecule has 0 aliphatic rings. The molecule has 0 heterocycles. The molecule has 0 aliphatic carbocycles. The second-order valence-electron chi connectivity index (χ2n) is 13.2. The van der Waals surface area contributed by atoms with Crippen molar-refractivity contribution in [3.63, 3.8) is 0 Å². The van der Waals surface area contributed by atoms with Crippen LogP contribution in [0, 0.1) is 18.3 Å². The molecule has 0 fully saturated rings. The third-order valence-electron chi connectivity index (χ3n) is 7.02. The summed E-state index contributed by atoms with van der Waals surface area (Å²) >= 11 is 0.